The van der Waals surface area contributed by atoms with Crippen LogP contribution in [-0.2, 0) is 14.3 Å². The predicted molar refractivity (Wildman–Crippen MR) is 58.8 cm³/mol. The summed E-state index contributed by atoms with van der Waals surface area (Å²) >= 11 is 0. The lowest BCUT2D eigenvalue weighted by atomic mass is 10.1. The molecule has 90 valence electrons. The van der Waals surface area contributed by atoms with Crippen molar-refractivity contribution in [2.24, 2.45) is 17.3 Å². The molecule has 2 atom stereocenters. The first kappa shape index (κ1) is 12.7. The number of aliphatic carboxylic acids is 1. The summed E-state index contributed by atoms with van der Waals surface area (Å²) in [5, 5.41) is 8.92. The van der Waals surface area contributed by atoms with Gasteiger partial charge in [-0.2, -0.15) is 0 Å². The van der Waals surface area contributed by atoms with E-state index in [0.717, 1.165) is 0 Å². The van der Waals surface area contributed by atoms with E-state index < -0.39 is 17.9 Å². The molecular formula is C12H18O4. The molecule has 0 aromatic carbocycles. The zero-order valence-electron chi connectivity index (χ0n) is 10.1. The van der Waals surface area contributed by atoms with E-state index in [1.165, 1.54) is 6.08 Å². The molecule has 0 spiro atoms. The molecule has 1 N–H and O–H groups in total. The van der Waals surface area contributed by atoms with Crippen LogP contribution in [0.3, 0.4) is 0 Å². The van der Waals surface area contributed by atoms with E-state index in [9.17, 15) is 9.59 Å². The molecule has 1 aliphatic carbocycles. The molecule has 1 aliphatic rings. The van der Waals surface area contributed by atoms with E-state index in [2.05, 4.69) is 0 Å². The summed E-state index contributed by atoms with van der Waals surface area (Å²) in [7, 11) is 0. The Labute approximate surface area is 95.3 Å². The van der Waals surface area contributed by atoms with E-state index in [-0.39, 0.29) is 17.4 Å². The number of rotatable bonds is 4. The minimum absolute atomic E-state index is 0.0790. The number of carbonyl (C=O) groups is 2. The van der Waals surface area contributed by atoms with E-state index >= 15 is 0 Å². The molecule has 16 heavy (non-hydrogen) atoms. The second kappa shape index (κ2) is 4.28. The Bertz CT molecular complexity index is 328. The Kier molecular flexibility index (Phi) is 3.41. The van der Waals surface area contributed by atoms with E-state index in [0.29, 0.717) is 0 Å². The monoisotopic (exact) mass is 226 g/mol. The standard InChI is InChI=1S/C12H18O4/c1-7(2)16-9(13)6-5-8-10(11(14)15)12(8,3)4/h5-8,10H,1-4H3,(H,14,15)/b6-5-/t8-,10-/m0/s1. The van der Waals surface area contributed by atoms with Crippen LogP contribution >= 0.6 is 0 Å². The summed E-state index contributed by atoms with van der Waals surface area (Å²) in [6, 6.07) is 0. The van der Waals surface area contributed by atoms with E-state index in [1.54, 1.807) is 19.9 Å². The lowest BCUT2D eigenvalue weighted by molar-refractivity contribution is -0.142. The molecule has 4 heteroatoms. The summed E-state index contributed by atoms with van der Waals surface area (Å²) in [4.78, 5) is 22.1. The maximum absolute atomic E-state index is 11.2. The molecule has 1 saturated carbocycles. The number of hydrogen-bond acceptors (Lipinski definition) is 3. The van der Waals surface area contributed by atoms with Crippen molar-refractivity contribution in [2.45, 2.75) is 33.8 Å². The Balaban J connectivity index is 2.54. The van der Waals surface area contributed by atoms with Crippen molar-refractivity contribution in [3.63, 3.8) is 0 Å². The first-order valence-electron chi connectivity index (χ1n) is 5.38. The summed E-state index contributed by atoms with van der Waals surface area (Å²) in [5.41, 5.74) is -0.263. The van der Waals surface area contributed by atoms with Gasteiger partial charge in [-0.1, -0.05) is 19.9 Å². The molecule has 0 amide bonds. The van der Waals surface area contributed by atoms with Crippen molar-refractivity contribution in [2.75, 3.05) is 0 Å². The van der Waals surface area contributed by atoms with Gasteiger partial charge in [0.1, 0.15) is 0 Å². The molecule has 1 fully saturated rings. The van der Waals surface area contributed by atoms with Crippen LogP contribution in [0.2, 0.25) is 0 Å². The number of carboxylic acids is 1. The van der Waals surface area contributed by atoms with Crippen molar-refractivity contribution < 1.29 is 19.4 Å². The summed E-state index contributed by atoms with van der Waals surface area (Å²) in [6.07, 6.45) is 2.82. The quantitative estimate of drug-likeness (QED) is 0.587. The van der Waals surface area contributed by atoms with Gasteiger partial charge in [-0.3, -0.25) is 4.79 Å². The molecule has 0 radical (unpaired) electrons. The molecule has 0 bridgehead atoms. The minimum Gasteiger partial charge on any atom is -0.481 e. The third-order valence-electron chi connectivity index (χ3n) is 2.97. The van der Waals surface area contributed by atoms with Crippen LogP contribution in [0, 0.1) is 17.3 Å². The van der Waals surface area contributed by atoms with Gasteiger partial charge in [-0.25, -0.2) is 4.79 Å². The lowest BCUT2D eigenvalue weighted by Crippen LogP contribution is -2.08. The topological polar surface area (TPSA) is 63.6 Å². The van der Waals surface area contributed by atoms with Gasteiger partial charge < -0.3 is 9.84 Å². The van der Waals surface area contributed by atoms with Crippen LogP contribution in [-0.4, -0.2) is 23.1 Å². The van der Waals surface area contributed by atoms with Crippen LogP contribution in [0.15, 0.2) is 12.2 Å². The number of carboxylic acid groups (broad SMARTS) is 1. The Hall–Kier alpha value is -1.32. The van der Waals surface area contributed by atoms with Crippen molar-refractivity contribution >= 4 is 11.9 Å². The highest BCUT2D eigenvalue weighted by atomic mass is 16.5. The highest BCUT2D eigenvalue weighted by molar-refractivity contribution is 5.83. The van der Waals surface area contributed by atoms with Crippen LogP contribution in [0.5, 0.6) is 0 Å². The smallest absolute Gasteiger partial charge is 0.330 e. The normalized spacial score (nSPS) is 27.1. The largest absolute Gasteiger partial charge is 0.481 e. The predicted octanol–water partition coefficient (Wildman–Crippen LogP) is 1.85. The van der Waals surface area contributed by atoms with Gasteiger partial charge in [0, 0.05) is 6.08 Å². The second-order valence-electron chi connectivity index (χ2n) is 5.01. The SMILES string of the molecule is CC(C)OC(=O)/C=C\[C@H]1[C@@H](C(=O)O)C1(C)C. The molecule has 0 aliphatic heterocycles. The molecule has 0 unspecified atom stereocenters. The number of allylic oxidation sites excluding steroid dienone is 1. The average molecular weight is 226 g/mol. The fraction of sp³-hybridized carbons (Fsp3) is 0.667. The number of ether oxygens (including phenoxy) is 1. The number of esters is 1. The van der Waals surface area contributed by atoms with Gasteiger partial charge in [-0.15, -0.1) is 0 Å². The Morgan fingerprint density at radius 3 is 2.31 bits per heavy atom. The van der Waals surface area contributed by atoms with Crippen molar-refractivity contribution in [3.05, 3.63) is 12.2 Å². The summed E-state index contributed by atoms with van der Waals surface area (Å²) in [5.74, 6) is -1.70. The molecular weight excluding hydrogens is 208 g/mol. The molecule has 0 aromatic heterocycles. The second-order valence-corrected chi connectivity index (χ2v) is 5.01. The Morgan fingerprint density at radius 1 is 1.38 bits per heavy atom. The van der Waals surface area contributed by atoms with Crippen molar-refractivity contribution in [3.8, 4) is 0 Å². The van der Waals surface area contributed by atoms with Crippen LogP contribution in [0.25, 0.3) is 0 Å². The maximum Gasteiger partial charge on any atom is 0.330 e. The molecule has 0 aromatic rings. The highest BCUT2D eigenvalue weighted by Gasteiger charge is 2.60. The Morgan fingerprint density at radius 2 is 1.94 bits per heavy atom. The van der Waals surface area contributed by atoms with Crippen molar-refractivity contribution in [1.82, 2.24) is 0 Å². The van der Waals surface area contributed by atoms with Gasteiger partial charge in [0.2, 0.25) is 0 Å². The minimum atomic E-state index is -0.808. The number of hydrogen-bond donors (Lipinski definition) is 1. The van der Waals surface area contributed by atoms with Crippen LogP contribution in [0.4, 0.5) is 0 Å². The molecule has 4 nitrogen and oxygen atoms in total. The average Bonchev–Trinajstić information content (AvgIpc) is 2.63. The third kappa shape index (κ3) is 2.62. The zero-order chi connectivity index (χ0) is 12.5. The van der Waals surface area contributed by atoms with Crippen molar-refractivity contribution in [1.29, 1.82) is 0 Å². The molecule has 0 heterocycles. The van der Waals surface area contributed by atoms with Crippen LogP contribution in [0.1, 0.15) is 27.7 Å². The maximum atomic E-state index is 11.2. The third-order valence-corrected chi connectivity index (χ3v) is 2.97. The first-order chi connectivity index (χ1) is 7.26. The fourth-order valence-corrected chi connectivity index (χ4v) is 1.96. The van der Waals surface area contributed by atoms with Crippen LogP contribution < -0.4 is 0 Å². The highest BCUT2D eigenvalue weighted by Crippen LogP contribution is 2.58. The van der Waals surface area contributed by atoms with Gasteiger partial charge in [0.05, 0.1) is 12.0 Å². The fourth-order valence-electron chi connectivity index (χ4n) is 1.96. The van der Waals surface area contributed by atoms with E-state index in [4.69, 9.17) is 9.84 Å². The molecule has 1 rings (SSSR count). The summed E-state index contributed by atoms with van der Waals surface area (Å²) < 4.78 is 4.92. The van der Waals surface area contributed by atoms with Gasteiger partial charge in [0.15, 0.2) is 0 Å². The molecule has 0 saturated heterocycles. The lowest BCUT2D eigenvalue weighted by Gasteiger charge is -2.03. The van der Waals surface area contributed by atoms with Gasteiger partial charge >= 0.3 is 11.9 Å². The van der Waals surface area contributed by atoms with Gasteiger partial charge in [-0.05, 0) is 25.2 Å². The van der Waals surface area contributed by atoms with Gasteiger partial charge in [0.25, 0.3) is 0 Å². The summed E-state index contributed by atoms with van der Waals surface area (Å²) in [6.45, 7) is 7.31. The first-order valence-corrected chi connectivity index (χ1v) is 5.38. The van der Waals surface area contributed by atoms with E-state index in [1.807, 2.05) is 13.8 Å². The number of carbonyl (C=O) groups excluding carboxylic acids is 1. The zero-order valence-corrected chi connectivity index (χ0v) is 10.1.